The third-order valence-electron chi connectivity index (χ3n) is 3.40. The largest absolute Gasteiger partial charge is 0.497 e. The fraction of sp³-hybridized carbons (Fsp3) is 0.125. The highest BCUT2D eigenvalue weighted by Crippen LogP contribution is 2.24. The molecule has 0 bridgehead atoms. The summed E-state index contributed by atoms with van der Waals surface area (Å²) in [6.45, 7) is 0. The van der Waals surface area contributed by atoms with Crippen molar-refractivity contribution in [2.24, 2.45) is 5.10 Å². The van der Waals surface area contributed by atoms with Crippen molar-refractivity contribution in [3.63, 3.8) is 0 Å². The maximum absolute atomic E-state index is 12.1. The first-order chi connectivity index (χ1) is 12.8. The predicted molar refractivity (Wildman–Crippen MR) is 94.4 cm³/mol. The van der Waals surface area contributed by atoms with E-state index in [0.29, 0.717) is 17.1 Å². The minimum atomic E-state index is -0.842. The van der Waals surface area contributed by atoms with Crippen LogP contribution in [0.2, 0.25) is 0 Å². The molecule has 2 aromatic carbocycles. The molecule has 0 aromatic heterocycles. The van der Waals surface area contributed by atoms with Gasteiger partial charge in [-0.15, -0.1) is 0 Å². The van der Waals surface area contributed by atoms with Gasteiger partial charge in [-0.05, 0) is 12.1 Å². The van der Waals surface area contributed by atoms with Gasteiger partial charge in [-0.1, -0.05) is 0 Å². The number of carbonyl (C=O) groups is 1. The van der Waals surface area contributed by atoms with Crippen LogP contribution in [0.4, 0.5) is 11.4 Å². The molecule has 0 heterocycles. The summed E-state index contributed by atoms with van der Waals surface area (Å²) >= 11 is 0. The van der Waals surface area contributed by atoms with Gasteiger partial charge in [0.2, 0.25) is 0 Å². The van der Waals surface area contributed by atoms with E-state index < -0.39 is 27.1 Å². The summed E-state index contributed by atoms with van der Waals surface area (Å²) in [5.41, 5.74) is 1.27. The lowest BCUT2D eigenvalue weighted by Crippen LogP contribution is -2.18. The summed E-state index contributed by atoms with van der Waals surface area (Å²) in [4.78, 5) is 32.2. The number of nitrogens with zero attached hydrogens (tertiary/aromatic N) is 3. The molecule has 0 fully saturated rings. The number of rotatable bonds is 7. The molecule has 0 aliphatic carbocycles. The first kappa shape index (κ1) is 19.3. The highest BCUT2D eigenvalue weighted by molar-refractivity contribution is 5.96. The number of carbonyl (C=O) groups excluding carboxylic acids is 1. The van der Waals surface area contributed by atoms with E-state index in [1.165, 1.54) is 20.4 Å². The Morgan fingerprint density at radius 1 is 1.04 bits per heavy atom. The molecule has 0 aliphatic rings. The number of nitrogens with one attached hydrogen (secondary N) is 1. The SMILES string of the molecule is COc1ccc(/C=N\NC(=O)c2cc([N+](=O)[O-])cc([N+](=O)[O-])c2)c(OC)c1. The van der Waals surface area contributed by atoms with Crippen molar-refractivity contribution in [3.8, 4) is 11.5 Å². The second kappa shape index (κ2) is 8.38. The quantitative estimate of drug-likeness (QED) is 0.444. The Balaban J connectivity index is 2.22. The average Bonchev–Trinajstić information content (AvgIpc) is 2.67. The zero-order chi connectivity index (χ0) is 20.0. The highest BCUT2D eigenvalue weighted by atomic mass is 16.6. The summed E-state index contributed by atoms with van der Waals surface area (Å²) in [6, 6.07) is 7.54. The van der Waals surface area contributed by atoms with Crippen molar-refractivity contribution in [2.75, 3.05) is 14.2 Å². The van der Waals surface area contributed by atoms with Gasteiger partial charge < -0.3 is 9.47 Å². The molecular formula is C16H14N4O7. The molecule has 27 heavy (non-hydrogen) atoms. The Morgan fingerprint density at radius 2 is 1.67 bits per heavy atom. The molecule has 0 spiro atoms. The molecule has 11 heteroatoms. The fourth-order valence-corrected chi connectivity index (χ4v) is 2.09. The number of hydrogen-bond donors (Lipinski definition) is 1. The molecule has 0 unspecified atom stereocenters. The predicted octanol–water partition coefficient (Wildman–Crippen LogP) is 2.28. The van der Waals surface area contributed by atoms with Crippen LogP contribution < -0.4 is 14.9 Å². The smallest absolute Gasteiger partial charge is 0.277 e. The zero-order valence-corrected chi connectivity index (χ0v) is 14.2. The van der Waals surface area contributed by atoms with E-state index in [0.717, 1.165) is 18.2 Å². The molecule has 0 atom stereocenters. The lowest BCUT2D eigenvalue weighted by atomic mass is 10.1. The Labute approximate surface area is 152 Å². The number of non-ortho nitro benzene ring substituents is 2. The van der Waals surface area contributed by atoms with Crippen molar-refractivity contribution in [2.45, 2.75) is 0 Å². The third-order valence-corrected chi connectivity index (χ3v) is 3.40. The normalized spacial score (nSPS) is 10.4. The summed E-state index contributed by atoms with van der Waals surface area (Å²) in [7, 11) is 2.95. The Kier molecular flexibility index (Phi) is 5.99. The van der Waals surface area contributed by atoms with Gasteiger partial charge in [0, 0.05) is 23.8 Å². The van der Waals surface area contributed by atoms with Crippen LogP contribution in [0.3, 0.4) is 0 Å². The van der Waals surface area contributed by atoms with Crippen LogP contribution in [0.25, 0.3) is 0 Å². The first-order valence-corrected chi connectivity index (χ1v) is 7.35. The van der Waals surface area contributed by atoms with Crippen LogP contribution in [0.1, 0.15) is 15.9 Å². The van der Waals surface area contributed by atoms with Crippen molar-refractivity contribution in [1.82, 2.24) is 5.43 Å². The highest BCUT2D eigenvalue weighted by Gasteiger charge is 2.19. The zero-order valence-electron chi connectivity index (χ0n) is 14.2. The number of methoxy groups -OCH3 is 2. The molecule has 0 saturated carbocycles. The van der Waals surface area contributed by atoms with Gasteiger partial charge in [0.1, 0.15) is 11.5 Å². The van der Waals surface area contributed by atoms with Gasteiger partial charge in [0.15, 0.2) is 0 Å². The third kappa shape index (κ3) is 4.75. The second-order valence-electron chi connectivity index (χ2n) is 5.06. The maximum Gasteiger partial charge on any atom is 0.277 e. The topological polar surface area (TPSA) is 146 Å². The Bertz CT molecular complexity index is 895. The molecule has 0 radical (unpaired) electrons. The molecule has 0 saturated heterocycles. The molecular weight excluding hydrogens is 360 g/mol. The number of ether oxygens (including phenoxy) is 2. The number of amides is 1. The standard InChI is InChI=1S/C16H14N4O7/c1-26-14-4-3-10(15(8-14)27-2)9-17-18-16(21)11-5-12(19(22)23)7-13(6-11)20(24)25/h3-9H,1-2H3,(H,18,21)/b17-9-. The van der Waals surface area contributed by atoms with Crippen molar-refractivity contribution >= 4 is 23.5 Å². The second-order valence-corrected chi connectivity index (χ2v) is 5.06. The Morgan fingerprint density at radius 3 is 2.19 bits per heavy atom. The van der Waals surface area contributed by atoms with Crippen LogP contribution in [0.5, 0.6) is 11.5 Å². The maximum atomic E-state index is 12.1. The van der Waals surface area contributed by atoms with Crippen LogP contribution in [-0.2, 0) is 0 Å². The number of nitro groups is 2. The fourth-order valence-electron chi connectivity index (χ4n) is 2.09. The van der Waals surface area contributed by atoms with Crippen LogP contribution in [-0.4, -0.2) is 36.2 Å². The summed E-state index contributed by atoms with van der Waals surface area (Å²) in [5, 5.41) is 25.5. The van der Waals surface area contributed by atoms with E-state index in [9.17, 15) is 25.0 Å². The lowest BCUT2D eigenvalue weighted by molar-refractivity contribution is -0.394. The molecule has 2 aromatic rings. The number of hydrogen-bond acceptors (Lipinski definition) is 8. The van der Waals surface area contributed by atoms with Crippen molar-refractivity contribution < 1.29 is 24.1 Å². The molecule has 140 valence electrons. The number of hydrazone groups is 1. The minimum Gasteiger partial charge on any atom is -0.497 e. The number of nitro benzene ring substituents is 2. The summed E-state index contributed by atoms with van der Waals surface area (Å²) < 4.78 is 10.2. The lowest BCUT2D eigenvalue weighted by Gasteiger charge is -2.07. The molecule has 11 nitrogen and oxygen atoms in total. The molecule has 2 rings (SSSR count). The van der Waals surface area contributed by atoms with Gasteiger partial charge in [-0.25, -0.2) is 5.43 Å². The van der Waals surface area contributed by atoms with Crippen LogP contribution in [0.15, 0.2) is 41.5 Å². The average molecular weight is 374 g/mol. The van der Waals surface area contributed by atoms with E-state index in [1.807, 2.05) is 0 Å². The van der Waals surface area contributed by atoms with Crippen LogP contribution >= 0.6 is 0 Å². The van der Waals surface area contributed by atoms with Gasteiger partial charge in [-0.3, -0.25) is 25.0 Å². The minimum absolute atomic E-state index is 0.269. The summed E-state index contributed by atoms with van der Waals surface area (Å²) in [6.07, 6.45) is 1.29. The molecule has 1 amide bonds. The van der Waals surface area contributed by atoms with E-state index in [-0.39, 0.29) is 5.56 Å². The molecule has 1 N–H and O–H groups in total. The summed E-state index contributed by atoms with van der Waals surface area (Å²) in [5.74, 6) is 0.167. The van der Waals surface area contributed by atoms with E-state index in [4.69, 9.17) is 9.47 Å². The van der Waals surface area contributed by atoms with Gasteiger partial charge in [-0.2, -0.15) is 5.10 Å². The monoisotopic (exact) mass is 374 g/mol. The van der Waals surface area contributed by atoms with Gasteiger partial charge >= 0.3 is 0 Å². The van der Waals surface area contributed by atoms with Gasteiger partial charge in [0.25, 0.3) is 17.3 Å². The van der Waals surface area contributed by atoms with Crippen molar-refractivity contribution in [1.29, 1.82) is 0 Å². The molecule has 0 aliphatic heterocycles. The first-order valence-electron chi connectivity index (χ1n) is 7.35. The van der Waals surface area contributed by atoms with Crippen molar-refractivity contribution in [3.05, 3.63) is 67.8 Å². The van der Waals surface area contributed by atoms with Crippen LogP contribution in [0, 0.1) is 20.2 Å². The van der Waals surface area contributed by atoms with E-state index in [2.05, 4.69) is 10.5 Å². The van der Waals surface area contributed by atoms with Gasteiger partial charge in [0.05, 0.1) is 41.9 Å². The number of benzene rings is 2. The Hall–Kier alpha value is -4.02. The van der Waals surface area contributed by atoms with E-state index in [1.54, 1.807) is 18.2 Å². The van der Waals surface area contributed by atoms with E-state index >= 15 is 0 Å².